The van der Waals surface area contributed by atoms with Crippen LogP contribution in [0.2, 0.25) is 0 Å². The maximum absolute atomic E-state index is 9.15. The summed E-state index contributed by atoms with van der Waals surface area (Å²) in [5, 5.41) is 9.15. The van der Waals surface area contributed by atoms with E-state index in [2.05, 4.69) is 4.98 Å². The van der Waals surface area contributed by atoms with E-state index in [1.165, 1.54) is 0 Å². The Kier molecular flexibility index (Phi) is 3.45. The highest BCUT2D eigenvalue weighted by Gasteiger charge is 2.01. The van der Waals surface area contributed by atoms with Gasteiger partial charge in [0.2, 0.25) is 11.8 Å². The summed E-state index contributed by atoms with van der Waals surface area (Å²) < 4.78 is 10.8. The maximum Gasteiger partial charge on any atom is 0.222 e. The van der Waals surface area contributed by atoms with Crippen LogP contribution in [0.15, 0.2) is 42.5 Å². The number of rotatable bonds is 4. The van der Waals surface area contributed by atoms with Crippen molar-refractivity contribution in [1.82, 2.24) is 4.98 Å². The minimum absolute atomic E-state index is 0.202. The third-order valence-electron chi connectivity index (χ3n) is 2.05. The molecule has 0 saturated heterocycles. The molecule has 0 bridgehead atoms. The van der Waals surface area contributed by atoms with Crippen LogP contribution in [0, 0.1) is 0 Å². The lowest BCUT2D eigenvalue weighted by molar-refractivity contribution is 0.321. The van der Waals surface area contributed by atoms with Crippen molar-refractivity contribution in [2.24, 2.45) is 0 Å². The minimum atomic E-state index is 0.202. The molecule has 0 aliphatic heterocycles. The first-order chi connectivity index (χ1) is 8.28. The highest BCUT2D eigenvalue weighted by Crippen LogP contribution is 2.23. The molecule has 4 heteroatoms. The van der Waals surface area contributed by atoms with E-state index >= 15 is 0 Å². The first kappa shape index (κ1) is 11.3. The van der Waals surface area contributed by atoms with Crippen LogP contribution >= 0.6 is 0 Å². The van der Waals surface area contributed by atoms with E-state index in [9.17, 15) is 0 Å². The first-order valence-electron chi connectivity index (χ1n) is 5.34. The molecule has 2 aromatic rings. The Hall–Kier alpha value is -2.23. The number of pyridine rings is 1. The lowest BCUT2D eigenvalue weighted by Crippen LogP contribution is -1.95. The normalized spacial score (nSPS) is 9.94. The number of aromatic hydroxyl groups is 1. The molecule has 1 aromatic heterocycles. The van der Waals surface area contributed by atoms with Gasteiger partial charge in [-0.25, -0.2) is 0 Å². The zero-order valence-electron chi connectivity index (χ0n) is 9.46. The van der Waals surface area contributed by atoms with Crippen molar-refractivity contribution in [3.8, 4) is 23.3 Å². The number of nitrogens with zero attached hydrogens (tertiary/aromatic N) is 1. The van der Waals surface area contributed by atoms with Gasteiger partial charge in [0.25, 0.3) is 0 Å². The van der Waals surface area contributed by atoms with E-state index in [-0.39, 0.29) is 5.75 Å². The summed E-state index contributed by atoms with van der Waals surface area (Å²) in [5.74, 6) is 1.81. The van der Waals surface area contributed by atoms with Crippen molar-refractivity contribution in [3.63, 3.8) is 0 Å². The molecular formula is C13H13NO3. The zero-order valence-corrected chi connectivity index (χ0v) is 9.46. The molecule has 0 fully saturated rings. The number of ether oxygens (including phenoxy) is 2. The fraction of sp³-hybridized carbons (Fsp3) is 0.154. The molecule has 0 radical (unpaired) electrons. The monoisotopic (exact) mass is 231 g/mol. The second-order valence-corrected chi connectivity index (χ2v) is 3.34. The predicted octanol–water partition coefficient (Wildman–Crippen LogP) is 2.98. The van der Waals surface area contributed by atoms with E-state index < -0.39 is 0 Å². The molecule has 4 nitrogen and oxygen atoms in total. The summed E-state index contributed by atoms with van der Waals surface area (Å²) in [6.45, 7) is 2.46. The molecule has 0 amide bonds. The molecule has 0 aliphatic carbocycles. The van der Waals surface area contributed by atoms with Gasteiger partial charge in [-0.3, -0.25) is 0 Å². The van der Waals surface area contributed by atoms with Gasteiger partial charge >= 0.3 is 0 Å². The standard InChI is InChI=1S/C13H13NO3/c1-2-16-12-4-3-5-13(14-12)17-11-8-6-10(15)7-9-11/h3-9,15H,2H2,1H3. The number of phenols is 1. The van der Waals surface area contributed by atoms with E-state index in [0.29, 0.717) is 24.1 Å². The largest absolute Gasteiger partial charge is 0.508 e. The summed E-state index contributed by atoms with van der Waals surface area (Å²) in [6.07, 6.45) is 0. The summed E-state index contributed by atoms with van der Waals surface area (Å²) in [6, 6.07) is 11.8. The molecule has 1 heterocycles. The Bertz CT molecular complexity index is 482. The van der Waals surface area contributed by atoms with Crippen LogP contribution in [0.5, 0.6) is 23.3 Å². The van der Waals surface area contributed by atoms with Gasteiger partial charge in [0.05, 0.1) is 6.61 Å². The highest BCUT2D eigenvalue weighted by molar-refractivity contribution is 5.33. The van der Waals surface area contributed by atoms with Crippen molar-refractivity contribution >= 4 is 0 Å². The molecule has 1 N–H and O–H groups in total. The summed E-state index contributed by atoms with van der Waals surface area (Å²) in [4.78, 5) is 4.17. The molecular weight excluding hydrogens is 218 g/mol. The third kappa shape index (κ3) is 3.11. The summed E-state index contributed by atoms with van der Waals surface area (Å²) >= 11 is 0. The molecule has 0 atom stereocenters. The molecule has 0 aliphatic rings. The Morgan fingerprint density at radius 1 is 1.06 bits per heavy atom. The summed E-state index contributed by atoms with van der Waals surface area (Å²) in [5.41, 5.74) is 0. The van der Waals surface area contributed by atoms with E-state index in [4.69, 9.17) is 14.6 Å². The van der Waals surface area contributed by atoms with Crippen LogP contribution < -0.4 is 9.47 Å². The van der Waals surface area contributed by atoms with E-state index in [1.54, 1.807) is 36.4 Å². The van der Waals surface area contributed by atoms with Crippen LogP contribution in [0.1, 0.15) is 6.92 Å². The molecule has 1 aromatic carbocycles. The predicted molar refractivity (Wildman–Crippen MR) is 63.6 cm³/mol. The van der Waals surface area contributed by atoms with Gasteiger partial charge in [-0.05, 0) is 31.2 Å². The number of hydrogen-bond donors (Lipinski definition) is 1. The molecule has 88 valence electrons. The quantitative estimate of drug-likeness (QED) is 0.878. The van der Waals surface area contributed by atoms with Crippen molar-refractivity contribution < 1.29 is 14.6 Å². The van der Waals surface area contributed by atoms with Gasteiger partial charge in [-0.15, -0.1) is 0 Å². The van der Waals surface area contributed by atoms with E-state index in [1.807, 2.05) is 13.0 Å². The fourth-order valence-electron chi connectivity index (χ4n) is 1.32. The zero-order chi connectivity index (χ0) is 12.1. The maximum atomic E-state index is 9.15. The Labute approximate surface area is 99.5 Å². The molecule has 0 spiro atoms. The van der Waals surface area contributed by atoms with Crippen LogP contribution in [-0.4, -0.2) is 16.7 Å². The summed E-state index contributed by atoms with van der Waals surface area (Å²) in [7, 11) is 0. The number of hydrogen-bond acceptors (Lipinski definition) is 4. The Balaban J connectivity index is 2.12. The Morgan fingerprint density at radius 2 is 1.76 bits per heavy atom. The van der Waals surface area contributed by atoms with Gasteiger partial charge in [-0.1, -0.05) is 6.07 Å². The number of phenolic OH excluding ortho intramolecular Hbond substituents is 1. The van der Waals surface area contributed by atoms with Crippen molar-refractivity contribution in [2.45, 2.75) is 6.92 Å². The molecule has 0 unspecified atom stereocenters. The second kappa shape index (κ2) is 5.21. The van der Waals surface area contributed by atoms with Gasteiger partial charge in [0.1, 0.15) is 11.5 Å². The van der Waals surface area contributed by atoms with E-state index in [0.717, 1.165) is 0 Å². The lowest BCUT2D eigenvalue weighted by atomic mass is 10.3. The topological polar surface area (TPSA) is 51.6 Å². The first-order valence-corrected chi connectivity index (χ1v) is 5.34. The third-order valence-corrected chi connectivity index (χ3v) is 2.05. The van der Waals surface area contributed by atoms with Crippen molar-refractivity contribution in [1.29, 1.82) is 0 Å². The lowest BCUT2D eigenvalue weighted by Gasteiger charge is -2.06. The fourth-order valence-corrected chi connectivity index (χ4v) is 1.32. The van der Waals surface area contributed by atoms with Crippen molar-refractivity contribution in [2.75, 3.05) is 6.61 Å². The van der Waals surface area contributed by atoms with Crippen LogP contribution in [0.3, 0.4) is 0 Å². The number of benzene rings is 1. The molecule has 17 heavy (non-hydrogen) atoms. The SMILES string of the molecule is CCOc1cccc(Oc2ccc(O)cc2)n1. The number of aromatic nitrogens is 1. The molecule has 0 saturated carbocycles. The Morgan fingerprint density at radius 3 is 2.47 bits per heavy atom. The minimum Gasteiger partial charge on any atom is -0.508 e. The van der Waals surface area contributed by atoms with Gasteiger partial charge in [-0.2, -0.15) is 4.98 Å². The average molecular weight is 231 g/mol. The van der Waals surface area contributed by atoms with Crippen LogP contribution in [-0.2, 0) is 0 Å². The van der Waals surface area contributed by atoms with Gasteiger partial charge < -0.3 is 14.6 Å². The van der Waals surface area contributed by atoms with Gasteiger partial charge in [0, 0.05) is 12.1 Å². The smallest absolute Gasteiger partial charge is 0.222 e. The van der Waals surface area contributed by atoms with Crippen LogP contribution in [0.4, 0.5) is 0 Å². The highest BCUT2D eigenvalue weighted by atomic mass is 16.5. The van der Waals surface area contributed by atoms with Crippen LogP contribution in [0.25, 0.3) is 0 Å². The second-order valence-electron chi connectivity index (χ2n) is 3.34. The average Bonchev–Trinajstić information content (AvgIpc) is 2.33. The molecule has 2 rings (SSSR count). The van der Waals surface area contributed by atoms with Crippen molar-refractivity contribution in [3.05, 3.63) is 42.5 Å². The van der Waals surface area contributed by atoms with Gasteiger partial charge in [0.15, 0.2) is 0 Å².